The minimum absolute atomic E-state index is 0.561. The van der Waals surface area contributed by atoms with Crippen LogP contribution in [0.1, 0.15) is 29.3 Å². The topological polar surface area (TPSA) is 48.7 Å². The summed E-state index contributed by atoms with van der Waals surface area (Å²) in [5.74, 6) is 0.561. The number of rotatable bonds is 2. The molecule has 4 heteroatoms. The highest BCUT2D eigenvalue weighted by Gasteiger charge is 2.18. The maximum absolute atomic E-state index is 8.80. The van der Waals surface area contributed by atoms with Crippen LogP contribution in [-0.4, -0.2) is 18.1 Å². The number of nitriles is 1. The van der Waals surface area contributed by atoms with Gasteiger partial charge in [-0.25, -0.2) is 4.98 Å². The number of piperidine rings is 1. The van der Waals surface area contributed by atoms with Crippen LogP contribution in [0.25, 0.3) is 11.3 Å². The van der Waals surface area contributed by atoms with E-state index < -0.39 is 0 Å². The number of hydrogen-bond donors (Lipinski definition) is 1. The standard InChI is InChI=1S/C15H15N3S/c16-8-11-3-5-12(6-4-11)14-10-19-15(18-14)13-2-1-7-17-9-13/h3-6,10,13,17H,1-2,7,9H2. The zero-order valence-corrected chi connectivity index (χ0v) is 11.4. The number of benzene rings is 1. The van der Waals surface area contributed by atoms with E-state index in [0.29, 0.717) is 11.5 Å². The highest BCUT2D eigenvalue weighted by atomic mass is 32.1. The van der Waals surface area contributed by atoms with Gasteiger partial charge in [0.15, 0.2) is 0 Å². The summed E-state index contributed by atoms with van der Waals surface area (Å²) in [7, 11) is 0. The third-order valence-corrected chi connectivity index (χ3v) is 4.49. The van der Waals surface area contributed by atoms with Crippen molar-refractivity contribution in [2.24, 2.45) is 0 Å². The molecular formula is C15H15N3S. The van der Waals surface area contributed by atoms with Gasteiger partial charge in [0.2, 0.25) is 0 Å². The van der Waals surface area contributed by atoms with Crippen molar-refractivity contribution in [1.82, 2.24) is 10.3 Å². The average Bonchev–Trinajstić information content (AvgIpc) is 2.98. The Morgan fingerprint density at radius 2 is 2.16 bits per heavy atom. The van der Waals surface area contributed by atoms with Crippen molar-refractivity contribution in [2.75, 3.05) is 13.1 Å². The third kappa shape index (κ3) is 2.67. The number of nitrogens with one attached hydrogen (secondary N) is 1. The Kier molecular flexibility index (Phi) is 3.58. The molecule has 3 rings (SSSR count). The second-order valence-electron chi connectivity index (χ2n) is 4.80. The van der Waals surface area contributed by atoms with E-state index in [4.69, 9.17) is 10.2 Å². The molecule has 2 aromatic rings. The van der Waals surface area contributed by atoms with Crippen molar-refractivity contribution >= 4 is 11.3 Å². The number of thiazole rings is 1. The van der Waals surface area contributed by atoms with Gasteiger partial charge in [-0.15, -0.1) is 11.3 Å². The van der Waals surface area contributed by atoms with Gasteiger partial charge in [-0.05, 0) is 31.5 Å². The maximum Gasteiger partial charge on any atom is 0.0991 e. The molecular weight excluding hydrogens is 254 g/mol. The Morgan fingerprint density at radius 3 is 2.84 bits per heavy atom. The molecule has 1 aromatic carbocycles. The van der Waals surface area contributed by atoms with E-state index in [2.05, 4.69) is 16.8 Å². The Hall–Kier alpha value is -1.70. The van der Waals surface area contributed by atoms with Crippen LogP contribution < -0.4 is 5.32 Å². The summed E-state index contributed by atoms with van der Waals surface area (Å²) in [6.07, 6.45) is 2.46. The molecule has 1 aliphatic rings. The molecule has 1 aliphatic heterocycles. The lowest BCUT2D eigenvalue weighted by Crippen LogP contribution is -2.28. The maximum atomic E-state index is 8.80. The minimum Gasteiger partial charge on any atom is -0.316 e. The van der Waals surface area contributed by atoms with Gasteiger partial charge in [0.05, 0.1) is 22.3 Å². The van der Waals surface area contributed by atoms with Crippen molar-refractivity contribution in [3.63, 3.8) is 0 Å². The zero-order chi connectivity index (χ0) is 13.1. The lowest BCUT2D eigenvalue weighted by molar-refractivity contribution is 0.460. The smallest absolute Gasteiger partial charge is 0.0991 e. The van der Waals surface area contributed by atoms with E-state index in [-0.39, 0.29) is 0 Å². The molecule has 1 fully saturated rings. The van der Waals surface area contributed by atoms with Crippen LogP contribution in [0.2, 0.25) is 0 Å². The molecule has 1 N–H and O–H groups in total. The monoisotopic (exact) mass is 269 g/mol. The molecule has 1 saturated heterocycles. The summed E-state index contributed by atoms with van der Waals surface area (Å²) in [6.45, 7) is 2.17. The first-order valence-electron chi connectivity index (χ1n) is 6.53. The largest absolute Gasteiger partial charge is 0.316 e. The number of hydrogen-bond acceptors (Lipinski definition) is 4. The second-order valence-corrected chi connectivity index (χ2v) is 5.69. The molecule has 0 saturated carbocycles. The van der Waals surface area contributed by atoms with Crippen LogP contribution in [0.5, 0.6) is 0 Å². The summed E-state index contributed by atoms with van der Waals surface area (Å²) < 4.78 is 0. The summed E-state index contributed by atoms with van der Waals surface area (Å²) in [6, 6.07) is 9.76. The van der Waals surface area contributed by atoms with Crippen molar-refractivity contribution in [2.45, 2.75) is 18.8 Å². The first kappa shape index (κ1) is 12.3. The molecule has 0 spiro atoms. The van der Waals surface area contributed by atoms with Gasteiger partial charge in [0.1, 0.15) is 0 Å². The van der Waals surface area contributed by atoms with Crippen LogP contribution >= 0.6 is 11.3 Å². The minimum atomic E-state index is 0.561. The molecule has 96 valence electrons. The van der Waals surface area contributed by atoms with Crippen molar-refractivity contribution in [3.05, 3.63) is 40.2 Å². The van der Waals surface area contributed by atoms with Gasteiger partial charge in [0.25, 0.3) is 0 Å². The summed E-state index contributed by atoms with van der Waals surface area (Å²) in [4.78, 5) is 4.76. The fourth-order valence-electron chi connectivity index (χ4n) is 2.39. The lowest BCUT2D eigenvalue weighted by Gasteiger charge is -2.20. The van der Waals surface area contributed by atoms with Gasteiger partial charge in [-0.1, -0.05) is 12.1 Å². The van der Waals surface area contributed by atoms with E-state index in [0.717, 1.165) is 24.3 Å². The van der Waals surface area contributed by atoms with Crippen molar-refractivity contribution < 1.29 is 0 Å². The van der Waals surface area contributed by atoms with Gasteiger partial charge in [0, 0.05) is 23.4 Å². The SMILES string of the molecule is N#Cc1ccc(-c2csc(C3CCCNC3)n2)cc1. The molecule has 0 radical (unpaired) electrons. The van der Waals surface area contributed by atoms with Crippen LogP contribution in [-0.2, 0) is 0 Å². The Balaban J connectivity index is 1.81. The van der Waals surface area contributed by atoms with Crippen molar-refractivity contribution in [1.29, 1.82) is 5.26 Å². The predicted octanol–water partition coefficient (Wildman–Crippen LogP) is 3.15. The lowest BCUT2D eigenvalue weighted by atomic mass is 10.0. The summed E-state index contributed by atoms with van der Waals surface area (Å²) in [5, 5.41) is 15.6. The van der Waals surface area contributed by atoms with Gasteiger partial charge >= 0.3 is 0 Å². The van der Waals surface area contributed by atoms with E-state index in [9.17, 15) is 0 Å². The van der Waals surface area contributed by atoms with Gasteiger partial charge in [-0.2, -0.15) is 5.26 Å². The number of nitrogens with zero attached hydrogens (tertiary/aromatic N) is 2. The van der Waals surface area contributed by atoms with E-state index >= 15 is 0 Å². The van der Waals surface area contributed by atoms with Crippen LogP contribution in [0.4, 0.5) is 0 Å². The molecule has 2 heterocycles. The first-order valence-corrected chi connectivity index (χ1v) is 7.41. The molecule has 3 nitrogen and oxygen atoms in total. The molecule has 0 bridgehead atoms. The summed E-state index contributed by atoms with van der Waals surface area (Å²) in [5.41, 5.74) is 2.80. The van der Waals surface area contributed by atoms with E-state index in [1.165, 1.54) is 17.8 Å². The predicted molar refractivity (Wildman–Crippen MR) is 77.1 cm³/mol. The normalized spacial score (nSPS) is 19.0. The third-order valence-electron chi connectivity index (χ3n) is 3.48. The Labute approximate surface area is 116 Å². The zero-order valence-electron chi connectivity index (χ0n) is 10.6. The van der Waals surface area contributed by atoms with Crippen LogP contribution in [0.15, 0.2) is 29.6 Å². The van der Waals surface area contributed by atoms with Gasteiger partial charge < -0.3 is 5.32 Å². The molecule has 0 amide bonds. The second kappa shape index (κ2) is 5.52. The van der Waals surface area contributed by atoms with Gasteiger partial charge in [-0.3, -0.25) is 0 Å². The fraction of sp³-hybridized carbons (Fsp3) is 0.333. The van der Waals surface area contributed by atoms with E-state index in [1.54, 1.807) is 11.3 Å². The fourth-order valence-corrected chi connectivity index (χ4v) is 3.35. The molecule has 1 unspecified atom stereocenters. The summed E-state index contributed by atoms with van der Waals surface area (Å²) >= 11 is 1.74. The molecule has 1 atom stereocenters. The molecule has 19 heavy (non-hydrogen) atoms. The van der Waals surface area contributed by atoms with Crippen LogP contribution in [0, 0.1) is 11.3 Å². The Morgan fingerprint density at radius 1 is 1.32 bits per heavy atom. The van der Waals surface area contributed by atoms with E-state index in [1.807, 2.05) is 24.3 Å². The highest BCUT2D eigenvalue weighted by molar-refractivity contribution is 7.10. The quantitative estimate of drug-likeness (QED) is 0.911. The van der Waals surface area contributed by atoms with Crippen LogP contribution in [0.3, 0.4) is 0 Å². The Bertz CT molecular complexity index is 589. The van der Waals surface area contributed by atoms with Crippen molar-refractivity contribution in [3.8, 4) is 17.3 Å². The first-order chi connectivity index (χ1) is 9.36. The molecule has 0 aliphatic carbocycles. The molecule has 1 aromatic heterocycles. The highest BCUT2D eigenvalue weighted by Crippen LogP contribution is 2.29. The average molecular weight is 269 g/mol. The number of aromatic nitrogens is 1.